The average Bonchev–Trinajstić information content (AvgIpc) is 2.86. The van der Waals surface area contributed by atoms with E-state index in [4.69, 9.17) is 9.47 Å². The second kappa shape index (κ2) is 8.35. The van der Waals surface area contributed by atoms with E-state index in [2.05, 4.69) is 19.2 Å². The SMILES string of the molecule is CC1(C)CCCC(NCCCOCC2CCCO2)CC1. The van der Waals surface area contributed by atoms with Gasteiger partial charge in [0.2, 0.25) is 0 Å². The van der Waals surface area contributed by atoms with Gasteiger partial charge in [0.15, 0.2) is 0 Å². The summed E-state index contributed by atoms with van der Waals surface area (Å²) in [5.74, 6) is 0. The molecule has 2 atom stereocenters. The van der Waals surface area contributed by atoms with Crippen LogP contribution in [0.2, 0.25) is 0 Å². The molecule has 0 bridgehead atoms. The lowest BCUT2D eigenvalue weighted by atomic mass is 9.85. The molecule has 3 heteroatoms. The van der Waals surface area contributed by atoms with Gasteiger partial charge in [0.1, 0.15) is 0 Å². The molecule has 118 valence electrons. The van der Waals surface area contributed by atoms with Crippen LogP contribution in [0.1, 0.15) is 65.2 Å². The molecule has 0 radical (unpaired) electrons. The molecule has 2 aliphatic rings. The summed E-state index contributed by atoms with van der Waals surface area (Å²) in [6.07, 6.45) is 10.7. The lowest BCUT2D eigenvalue weighted by Crippen LogP contribution is -2.30. The van der Waals surface area contributed by atoms with E-state index in [1.165, 1.54) is 44.9 Å². The minimum Gasteiger partial charge on any atom is -0.379 e. The van der Waals surface area contributed by atoms with E-state index in [9.17, 15) is 0 Å². The van der Waals surface area contributed by atoms with Crippen molar-refractivity contribution in [1.29, 1.82) is 0 Å². The first-order chi connectivity index (χ1) is 9.66. The van der Waals surface area contributed by atoms with Gasteiger partial charge in [-0.1, -0.05) is 20.3 Å². The van der Waals surface area contributed by atoms with Crippen molar-refractivity contribution in [2.75, 3.05) is 26.4 Å². The molecule has 3 nitrogen and oxygen atoms in total. The Hall–Kier alpha value is -0.120. The van der Waals surface area contributed by atoms with Crippen LogP contribution in [-0.4, -0.2) is 38.5 Å². The highest BCUT2D eigenvalue weighted by Gasteiger charge is 2.23. The molecular formula is C17H33NO2. The Labute approximate surface area is 124 Å². The van der Waals surface area contributed by atoms with Crippen molar-refractivity contribution in [3.8, 4) is 0 Å². The lowest BCUT2D eigenvalue weighted by molar-refractivity contribution is 0.0165. The Morgan fingerprint density at radius 3 is 2.85 bits per heavy atom. The van der Waals surface area contributed by atoms with Gasteiger partial charge in [0.05, 0.1) is 12.7 Å². The summed E-state index contributed by atoms with van der Waals surface area (Å²) in [7, 11) is 0. The largest absolute Gasteiger partial charge is 0.379 e. The fraction of sp³-hybridized carbons (Fsp3) is 1.00. The normalized spacial score (nSPS) is 30.3. The van der Waals surface area contributed by atoms with E-state index in [0.29, 0.717) is 11.5 Å². The van der Waals surface area contributed by atoms with Gasteiger partial charge >= 0.3 is 0 Å². The van der Waals surface area contributed by atoms with E-state index >= 15 is 0 Å². The minimum atomic E-state index is 0.368. The molecule has 1 aliphatic heterocycles. The molecule has 1 saturated heterocycles. The summed E-state index contributed by atoms with van der Waals surface area (Å²) >= 11 is 0. The van der Waals surface area contributed by atoms with E-state index in [1.807, 2.05) is 0 Å². The third-order valence-corrected chi connectivity index (χ3v) is 4.80. The van der Waals surface area contributed by atoms with Gasteiger partial charge in [-0.3, -0.25) is 0 Å². The topological polar surface area (TPSA) is 30.5 Å². The van der Waals surface area contributed by atoms with E-state index in [-0.39, 0.29) is 0 Å². The van der Waals surface area contributed by atoms with Crippen LogP contribution < -0.4 is 5.32 Å². The van der Waals surface area contributed by atoms with Crippen LogP contribution in [0.15, 0.2) is 0 Å². The Kier molecular flexibility index (Phi) is 6.79. The van der Waals surface area contributed by atoms with Gasteiger partial charge in [0, 0.05) is 19.3 Å². The first kappa shape index (κ1) is 16.3. The molecule has 0 aromatic rings. The zero-order valence-corrected chi connectivity index (χ0v) is 13.5. The second-order valence-corrected chi connectivity index (χ2v) is 7.31. The zero-order chi connectivity index (χ0) is 14.3. The monoisotopic (exact) mass is 283 g/mol. The smallest absolute Gasteiger partial charge is 0.0809 e. The highest BCUT2D eigenvalue weighted by Crippen LogP contribution is 2.33. The van der Waals surface area contributed by atoms with Crippen LogP contribution in [0.5, 0.6) is 0 Å². The molecule has 0 spiro atoms. The van der Waals surface area contributed by atoms with Crippen molar-refractivity contribution >= 4 is 0 Å². The van der Waals surface area contributed by atoms with E-state index < -0.39 is 0 Å². The Morgan fingerprint density at radius 1 is 1.15 bits per heavy atom. The Balaban J connectivity index is 1.46. The summed E-state index contributed by atoms with van der Waals surface area (Å²) in [6, 6.07) is 0.731. The fourth-order valence-corrected chi connectivity index (χ4v) is 3.34. The zero-order valence-electron chi connectivity index (χ0n) is 13.5. The van der Waals surface area contributed by atoms with E-state index in [0.717, 1.165) is 38.8 Å². The fourth-order valence-electron chi connectivity index (χ4n) is 3.34. The van der Waals surface area contributed by atoms with Crippen molar-refractivity contribution in [2.24, 2.45) is 5.41 Å². The van der Waals surface area contributed by atoms with Gasteiger partial charge in [-0.25, -0.2) is 0 Å². The van der Waals surface area contributed by atoms with Crippen LogP contribution in [0.3, 0.4) is 0 Å². The summed E-state index contributed by atoms with van der Waals surface area (Å²) in [6.45, 7) is 8.50. The third-order valence-electron chi connectivity index (χ3n) is 4.80. The van der Waals surface area contributed by atoms with Crippen molar-refractivity contribution in [1.82, 2.24) is 5.32 Å². The van der Waals surface area contributed by atoms with Crippen LogP contribution in [-0.2, 0) is 9.47 Å². The third kappa shape index (κ3) is 6.11. The molecule has 0 aromatic carbocycles. The molecule has 2 fully saturated rings. The molecule has 20 heavy (non-hydrogen) atoms. The summed E-state index contributed by atoms with van der Waals surface area (Å²) in [5.41, 5.74) is 0.556. The van der Waals surface area contributed by atoms with Gasteiger partial charge < -0.3 is 14.8 Å². The molecule has 1 N–H and O–H groups in total. The number of hydrogen-bond donors (Lipinski definition) is 1. The number of rotatable bonds is 7. The number of nitrogens with one attached hydrogen (secondary N) is 1. The number of hydrogen-bond acceptors (Lipinski definition) is 3. The van der Waals surface area contributed by atoms with Gasteiger partial charge in [0.25, 0.3) is 0 Å². The maximum atomic E-state index is 5.70. The average molecular weight is 283 g/mol. The first-order valence-corrected chi connectivity index (χ1v) is 8.58. The predicted molar refractivity (Wildman–Crippen MR) is 83.1 cm³/mol. The van der Waals surface area contributed by atoms with Crippen molar-refractivity contribution < 1.29 is 9.47 Å². The quantitative estimate of drug-likeness (QED) is 0.573. The van der Waals surface area contributed by atoms with Crippen LogP contribution >= 0.6 is 0 Å². The molecule has 0 amide bonds. The van der Waals surface area contributed by atoms with Crippen molar-refractivity contribution in [3.63, 3.8) is 0 Å². The summed E-state index contributed by atoms with van der Waals surface area (Å²) in [4.78, 5) is 0. The second-order valence-electron chi connectivity index (χ2n) is 7.31. The molecule has 0 aromatic heterocycles. The lowest BCUT2D eigenvalue weighted by Gasteiger charge is -2.22. The Morgan fingerprint density at radius 2 is 2.05 bits per heavy atom. The molecule has 1 saturated carbocycles. The van der Waals surface area contributed by atoms with E-state index in [1.54, 1.807) is 0 Å². The summed E-state index contributed by atoms with van der Waals surface area (Å²) in [5, 5.41) is 3.72. The van der Waals surface area contributed by atoms with Gasteiger partial charge in [-0.05, 0) is 56.9 Å². The maximum absolute atomic E-state index is 5.70. The van der Waals surface area contributed by atoms with Gasteiger partial charge in [-0.15, -0.1) is 0 Å². The standard InChI is InChI=1S/C17H33NO2/c1-17(2)9-3-6-15(8-10-17)18-11-5-12-19-14-16-7-4-13-20-16/h15-16,18H,3-14H2,1-2H3. The van der Waals surface area contributed by atoms with Crippen molar-refractivity contribution in [2.45, 2.75) is 77.4 Å². The molecular weight excluding hydrogens is 250 g/mol. The maximum Gasteiger partial charge on any atom is 0.0809 e. The number of ether oxygens (including phenoxy) is 2. The van der Waals surface area contributed by atoms with Crippen molar-refractivity contribution in [3.05, 3.63) is 0 Å². The van der Waals surface area contributed by atoms with Crippen LogP contribution in [0, 0.1) is 5.41 Å². The predicted octanol–water partition coefficient (Wildman–Crippen LogP) is 3.52. The summed E-state index contributed by atoms with van der Waals surface area (Å²) < 4.78 is 11.2. The highest BCUT2D eigenvalue weighted by atomic mass is 16.5. The van der Waals surface area contributed by atoms with Crippen LogP contribution in [0.25, 0.3) is 0 Å². The first-order valence-electron chi connectivity index (χ1n) is 8.58. The molecule has 1 heterocycles. The molecule has 2 rings (SSSR count). The van der Waals surface area contributed by atoms with Gasteiger partial charge in [-0.2, -0.15) is 0 Å². The molecule has 1 aliphatic carbocycles. The highest BCUT2D eigenvalue weighted by molar-refractivity contribution is 4.79. The van der Waals surface area contributed by atoms with Crippen LogP contribution in [0.4, 0.5) is 0 Å². The molecule has 2 unspecified atom stereocenters. The minimum absolute atomic E-state index is 0.368. The Bertz CT molecular complexity index is 262.